The predicted octanol–water partition coefficient (Wildman–Crippen LogP) is 3.49. The van der Waals surface area contributed by atoms with Crippen molar-refractivity contribution in [1.29, 1.82) is 0 Å². The third-order valence-corrected chi connectivity index (χ3v) is 4.92. The smallest absolute Gasteiger partial charge is 0.317 e. The number of benzene rings is 1. The minimum absolute atomic E-state index is 0.0529. The van der Waals surface area contributed by atoms with Crippen molar-refractivity contribution in [2.24, 2.45) is 0 Å². The average Bonchev–Trinajstić information content (AvgIpc) is 2.61. The van der Waals surface area contributed by atoms with Crippen LogP contribution < -0.4 is 5.32 Å². The Morgan fingerprint density at radius 2 is 1.96 bits per heavy atom. The Bertz CT molecular complexity index is 512. The molecule has 2 aliphatic rings. The van der Waals surface area contributed by atoms with Gasteiger partial charge in [0.05, 0.1) is 6.10 Å². The number of nitrogens with zero attached hydrogens (tertiary/aromatic N) is 1. The van der Waals surface area contributed by atoms with Gasteiger partial charge in [-0.25, -0.2) is 4.79 Å². The first-order valence-electron chi connectivity index (χ1n) is 9.04. The molecular weight excluding hydrogens is 288 g/mol. The van der Waals surface area contributed by atoms with Gasteiger partial charge in [0.2, 0.25) is 0 Å². The second-order valence-electron chi connectivity index (χ2n) is 6.66. The maximum atomic E-state index is 12.2. The molecule has 4 heteroatoms. The van der Waals surface area contributed by atoms with E-state index in [1.165, 1.54) is 43.2 Å². The fourth-order valence-electron chi connectivity index (χ4n) is 3.53. The van der Waals surface area contributed by atoms with Crippen LogP contribution in [0.1, 0.15) is 49.7 Å². The lowest BCUT2D eigenvalue weighted by atomic mass is 9.98. The quantitative estimate of drug-likeness (QED) is 0.845. The molecule has 0 saturated heterocycles. The summed E-state index contributed by atoms with van der Waals surface area (Å²) < 4.78 is 5.89. The molecular formula is C19H28N2O2. The lowest BCUT2D eigenvalue weighted by molar-refractivity contribution is 0.0274. The van der Waals surface area contributed by atoms with Crippen LogP contribution in [0, 0.1) is 0 Å². The van der Waals surface area contributed by atoms with E-state index in [1.807, 2.05) is 11.0 Å². The number of carbonyl (C=O) groups excluding carboxylic acids is 1. The van der Waals surface area contributed by atoms with Crippen molar-refractivity contribution in [3.05, 3.63) is 35.4 Å². The van der Waals surface area contributed by atoms with Gasteiger partial charge in [-0.2, -0.15) is 0 Å². The van der Waals surface area contributed by atoms with E-state index in [9.17, 15) is 4.79 Å². The Balaban J connectivity index is 1.32. The van der Waals surface area contributed by atoms with Gasteiger partial charge < -0.3 is 15.0 Å². The minimum Gasteiger partial charge on any atom is -0.378 e. The van der Waals surface area contributed by atoms with Crippen LogP contribution in [0.5, 0.6) is 0 Å². The number of ether oxygens (including phenoxy) is 1. The number of nitrogens with one attached hydrogen (secondary N) is 1. The van der Waals surface area contributed by atoms with E-state index in [4.69, 9.17) is 4.74 Å². The predicted molar refractivity (Wildman–Crippen MR) is 91.4 cm³/mol. The van der Waals surface area contributed by atoms with Gasteiger partial charge in [-0.05, 0) is 36.8 Å². The molecule has 1 N–H and O–H groups in total. The summed E-state index contributed by atoms with van der Waals surface area (Å²) in [6.45, 7) is 2.99. The molecule has 0 bridgehead atoms. The Labute approximate surface area is 139 Å². The van der Waals surface area contributed by atoms with Crippen LogP contribution in [0.4, 0.5) is 4.79 Å². The summed E-state index contributed by atoms with van der Waals surface area (Å²) in [6.07, 6.45) is 8.68. The van der Waals surface area contributed by atoms with Gasteiger partial charge in [-0.15, -0.1) is 0 Å². The van der Waals surface area contributed by atoms with Crippen LogP contribution in [0.2, 0.25) is 0 Å². The maximum Gasteiger partial charge on any atom is 0.317 e. The van der Waals surface area contributed by atoms with Crippen LogP contribution in [-0.2, 0) is 17.7 Å². The van der Waals surface area contributed by atoms with E-state index in [0.29, 0.717) is 12.6 Å². The molecule has 0 spiro atoms. The van der Waals surface area contributed by atoms with E-state index in [2.05, 4.69) is 23.5 Å². The molecule has 2 amide bonds. The number of hydrogen-bond acceptors (Lipinski definition) is 2. The van der Waals surface area contributed by atoms with Crippen molar-refractivity contribution in [2.45, 2.75) is 57.6 Å². The van der Waals surface area contributed by atoms with E-state index >= 15 is 0 Å². The zero-order valence-corrected chi connectivity index (χ0v) is 13.9. The van der Waals surface area contributed by atoms with Crippen LogP contribution in [0.25, 0.3) is 0 Å². The highest BCUT2D eigenvalue weighted by Gasteiger charge is 2.19. The highest BCUT2D eigenvalue weighted by atomic mass is 16.5. The number of urea groups is 1. The third kappa shape index (κ3) is 4.71. The Morgan fingerprint density at radius 3 is 2.78 bits per heavy atom. The summed E-state index contributed by atoms with van der Waals surface area (Å²) in [7, 11) is 0. The van der Waals surface area contributed by atoms with E-state index in [1.54, 1.807) is 0 Å². The molecule has 4 nitrogen and oxygen atoms in total. The fraction of sp³-hybridized carbons (Fsp3) is 0.632. The fourth-order valence-corrected chi connectivity index (χ4v) is 3.53. The highest BCUT2D eigenvalue weighted by Crippen LogP contribution is 2.20. The largest absolute Gasteiger partial charge is 0.378 e. The third-order valence-electron chi connectivity index (χ3n) is 4.92. The number of fused-ring (bicyclic) bond motifs is 1. The molecule has 126 valence electrons. The monoisotopic (exact) mass is 316 g/mol. The van der Waals surface area contributed by atoms with Crippen molar-refractivity contribution in [2.75, 3.05) is 19.7 Å². The number of carbonyl (C=O) groups is 1. The summed E-state index contributed by atoms with van der Waals surface area (Å²) in [5, 5.41) is 3.03. The summed E-state index contributed by atoms with van der Waals surface area (Å²) in [4.78, 5) is 14.2. The summed E-state index contributed by atoms with van der Waals surface area (Å²) >= 11 is 0. The maximum absolute atomic E-state index is 12.2. The van der Waals surface area contributed by atoms with Gasteiger partial charge in [0.15, 0.2) is 0 Å². The Hall–Kier alpha value is -1.55. The molecule has 0 atom stereocenters. The summed E-state index contributed by atoms with van der Waals surface area (Å²) in [5.74, 6) is 0. The van der Waals surface area contributed by atoms with Crippen molar-refractivity contribution < 1.29 is 9.53 Å². The second-order valence-corrected chi connectivity index (χ2v) is 6.66. The van der Waals surface area contributed by atoms with Gasteiger partial charge in [0.25, 0.3) is 0 Å². The summed E-state index contributed by atoms with van der Waals surface area (Å²) in [6, 6.07) is 8.45. The van der Waals surface area contributed by atoms with Gasteiger partial charge in [0.1, 0.15) is 0 Å². The van der Waals surface area contributed by atoms with Crippen molar-refractivity contribution in [1.82, 2.24) is 10.2 Å². The highest BCUT2D eigenvalue weighted by molar-refractivity contribution is 5.74. The zero-order chi connectivity index (χ0) is 15.9. The van der Waals surface area contributed by atoms with Gasteiger partial charge in [0, 0.05) is 26.2 Å². The normalized spacial score (nSPS) is 18.5. The SMILES string of the molecule is O=C(NCCCOC1CCCCC1)N1CCc2ccccc2C1. The van der Waals surface area contributed by atoms with Gasteiger partial charge in [-0.3, -0.25) is 0 Å². The molecule has 3 rings (SSSR count). The van der Waals surface area contributed by atoms with Gasteiger partial charge in [-0.1, -0.05) is 43.5 Å². The van der Waals surface area contributed by atoms with E-state index in [-0.39, 0.29) is 6.03 Å². The van der Waals surface area contributed by atoms with Crippen molar-refractivity contribution in [3.8, 4) is 0 Å². The van der Waals surface area contributed by atoms with Crippen LogP contribution in [0.3, 0.4) is 0 Å². The molecule has 0 aromatic heterocycles. The van der Waals surface area contributed by atoms with Gasteiger partial charge >= 0.3 is 6.03 Å². The Morgan fingerprint density at radius 1 is 1.17 bits per heavy atom. The first kappa shape index (κ1) is 16.3. The molecule has 1 aliphatic heterocycles. The molecule has 1 aliphatic carbocycles. The lowest BCUT2D eigenvalue weighted by Gasteiger charge is -2.29. The second kappa shape index (κ2) is 8.34. The first-order chi connectivity index (χ1) is 11.3. The molecule has 0 radical (unpaired) electrons. The van der Waals surface area contributed by atoms with Crippen LogP contribution in [-0.4, -0.2) is 36.7 Å². The molecule has 23 heavy (non-hydrogen) atoms. The average molecular weight is 316 g/mol. The van der Waals surface area contributed by atoms with E-state index in [0.717, 1.165) is 32.5 Å². The molecule has 1 saturated carbocycles. The summed E-state index contributed by atoms with van der Waals surface area (Å²) in [5.41, 5.74) is 2.65. The Kier molecular flexibility index (Phi) is 5.92. The molecule has 1 aromatic carbocycles. The number of rotatable bonds is 5. The topological polar surface area (TPSA) is 41.6 Å². The molecule has 1 heterocycles. The standard InChI is InChI=1S/C19H28N2O2/c22-19(20-12-6-14-23-18-9-2-1-3-10-18)21-13-11-16-7-4-5-8-17(16)15-21/h4-5,7-8,18H,1-3,6,9-15H2,(H,20,22). The van der Waals surface area contributed by atoms with E-state index < -0.39 is 0 Å². The van der Waals surface area contributed by atoms with Crippen LogP contribution >= 0.6 is 0 Å². The minimum atomic E-state index is 0.0529. The molecule has 1 aromatic rings. The molecule has 1 fully saturated rings. The van der Waals surface area contributed by atoms with Crippen LogP contribution in [0.15, 0.2) is 24.3 Å². The number of hydrogen-bond donors (Lipinski definition) is 1. The first-order valence-corrected chi connectivity index (χ1v) is 9.04. The van der Waals surface area contributed by atoms with Crippen molar-refractivity contribution in [3.63, 3.8) is 0 Å². The lowest BCUT2D eigenvalue weighted by Crippen LogP contribution is -2.43. The zero-order valence-electron chi connectivity index (χ0n) is 13.9. The van der Waals surface area contributed by atoms with Crippen molar-refractivity contribution >= 4 is 6.03 Å². The molecule has 0 unspecified atom stereocenters. The number of amides is 2.